The molecule has 12 rings (SSSR count). The van der Waals surface area contributed by atoms with Crippen LogP contribution in [0.15, 0.2) is 121 Å². The van der Waals surface area contributed by atoms with E-state index in [2.05, 4.69) is 167 Å². The summed E-state index contributed by atoms with van der Waals surface area (Å²) in [6, 6.07) is 44.2. The number of H-pyrrole nitrogens is 2. The van der Waals surface area contributed by atoms with E-state index >= 15 is 0 Å². The van der Waals surface area contributed by atoms with Gasteiger partial charge in [0.25, 0.3) is 0 Å². The summed E-state index contributed by atoms with van der Waals surface area (Å²) >= 11 is 0. The number of likely N-dealkylation sites (tertiary alicyclic amines) is 2. The number of benzene rings is 5. The van der Waals surface area contributed by atoms with E-state index in [-0.39, 0.29) is 53.2 Å². The summed E-state index contributed by atoms with van der Waals surface area (Å²) in [6.45, 7) is 8.39. The second-order valence-corrected chi connectivity index (χ2v) is 23.6. The van der Waals surface area contributed by atoms with Crippen LogP contribution in [0.1, 0.15) is 199 Å². The number of carbonyl (C=O) groups excluding carboxylic acids is 2. The maximum Gasteiger partial charge on any atom is 0.231 e. The van der Waals surface area contributed by atoms with Crippen molar-refractivity contribution >= 4 is 39.6 Å². The molecular weight excluding hydrogens is 899 g/mol. The minimum atomic E-state index is -0.106. The third-order valence-electron chi connectivity index (χ3n) is 18.0. The third-order valence-corrected chi connectivity index (χ3v) is 18.0. The first-order valence-corrected chi connectivity index (χ1v) is 28.2. The molecule has 6 atom stereocenters. The Labute approximate surface area is 432 Å². The molecule has 5 heterocycles. The van der Waals surface area contributed by atoms with Crippen LogP contribution in [0, 0.1) is 11.8 Å². The average Bonchev–Trinajstić information content (AvgIpc) is 4.29. The molecule has 0 radical (unpaired) electrons. The lowest BCUT2D eigenvalue weighted by molar-refractivity contribution is -0.136. The van der Waals surface area contributed by atoms with Crippen LogP contribution in [-0.2, 0) is 15.0 Å². The number of hydrogen-bond donors (Lipinski definition) is 2. The number of rotatable bonds is 11. The molecule has 2 amide bonds. The van der Waals surface area contributed by atoms with Crippen LogP contribution in [0.2, 0.25) is 0 Å². The first kappa shape index (κ1) is 47.8. The van der Waals surface area contributed by atoms with Crippen LogP contribution >= 0.6 is 0 Å². The van der Waals surface area contributed by atoms with Crippen molar-refractivity contribution in [3.8, 4) is 0 Å². The van der Waals surface area contributed by atoms with Gasteiger partial charge in [-0.15, -0.1) is 0 Å². The molecule has 9 nitrogen and oxygen atoms in total. The molecule has 7 aromatic rings. The van der Waals surface area contributed by atoms with Gasteiger partial charge >= 0.3 is 0 Å². The van der Waals surface area contributed by atoms with E-state index in [1.165, 1.54) is 60.9 Å². The van der Waals surface area contributed by atoms with Crippen molar-refractivity contribution in [2.75, 3.05) is 18.0 Å². The number of anilines is 1. The number of aromatic nitrogens is 4. The maximum atomic E-state index is 14.8. The van der Waals surface area contributed by atoms with E-state index in [0.29, 0.717) is 11.8 Å². The van der Waals surface area contributed by atoms with E-state index in [4.69, 9.17) is 9.97 Å². The number of carbonyl (C=O) groups is 2. The van der Waals surface area contributed by atoms with E-state index in [0.717, 1.165) is 122 Å². The molecule has 3 aliphatic heterocycles. The second-order valence-electron chi connectivity index (χ2n) is 23.6. The van der Waals surface area contributed by atoms with Crippen LogP contribution < -0.4 is 4.90 Å². The maximum absolute atomic E-state index is 14.8. The normalized spacial score (nSPS) is 23.2. The van der Waals surface area contributed by atoms with Gasteiger partial charge in [-0.05, 0) is 146 Å². The fourth-order valence-electron chi connectivity index (χ4n) is 14.3. The van der Waals surface area contributed by atoms with Crippen molar-refractivity contribution in [1.29, 1.82) is 0 Å². The van der Waals surface area contributed by atoms with Crippen LogP contribution in [0.25, 0.3) is 22.1 Å². The minimum absolute atomic E-state index is 0.0464. The van der Waals surface area contributed by atoms with Crippen LogP contribution in [0.5, 0.6) is 0 Å². The quantitative estimate of drug-likeness (QED) is 0.134. The molecule has 0 spiro atoms. The topological polar surface area (TPSA) is 101 Å². The van der Waals surface area contributed by atoms with Gasteiger partial charge in [-0.2, -0.15) is 0 Å². The van der Waals surface area contributed by atoms with Gasteiger partial charge in [0.05, 0.1) is 58.1 Å². The van der Waals surface area contributed by atoms with Gasteiger partial charge in [-0.25, -0.2) is 9.97 Å². The van der Waals surface area contributed by atoms with Crippen molar-refractivity contribution in [3.05, 3.63) is 161 Å². The molecule has 3 saturated heterocycles. The Morgan fingerprint density at radius 1 is 0.493 bits per heavy atom. The van der Waals surface area contributed by atoms with Gasteiger partial charge in [0.2, 0.25) is 11.8 Å². The highest BCUT2D eigenvalue weighted by Crippen LogP contribution is 2.49. The summed E-state index contributed by atoms with van der Waals surface area (Å²) in [5.74, 6) is 2.91. The molecule has 2 unspecified atom stereocenters. The molecule has 0 bridgehead atoms. The molecule has 2 aromatic heterocycles. The highest BCUT2D eigenvalue weighted by molar-refractivity contribution is 5.86. The predicted octanol–water partition coefficient (Wildman–Crippen LogP) is 14.9. The van der Waals surface area contributed by atoms with E-state index in [9.17, 15) is 9.59 Å². The molecular formula is C64H75N7O2. The SMILES string of the molecule is CC(C)(C)c1ccc(N2[C@@H](c3ccc4nc([C@@H]5CCCN5C(=O)C(c5ccccc5)C5CCCCC5)[nH]c4c3)CC[C@@H]2c2ccc3nc([C@@H]4CCCN4C(=O)C(c4ccccc4)C4CCCCC4)[nH]c3c2)cc1. The van der Waals surface area contributed by atoms with Gasteiger partial charge < -0.3 is 24.7 Å². The molecule has 5 fully saturated rings. The lowest BCUT2D eigenvalue weighted by Crippen LogP contribution is -2.38. The van der Waals surface area contributed by atoms with E-state index in [1.807, 2.05) is 0 Å². The number of nitrogens with one attached hydrogen (secondary N) is 2. The zero-order valence-electron chi connectivity index (χ0n) is 43.4. The summed E-state index contributed by atoms with van der Waals surface area (Å²) < 4.78 is 0. The van der Waals surface area contributed by atoms with Crippen molar-refractivity contribution in [2.24, 2.45) is 11.8 Å². The molecule has 73 heavy (non-hydrogen) atoms. The lowest BCUT2D eigenvalue weighted by atomic mass is 9.76. The largest absolute Gasteiger partial charge is 0.357 e. The first-order chi connectivity index (χ1) is 35.7. The highest BCUT2D eigenvalue weighted by Gasteiger charge is 2.42. The van der Waals surface area contributed by atoms with Crippen LogP contribution in [0.3, 0.4) is 0 Å². The van der Waals surface area contributed by atoms with Gasteiger partial charge in [0.15, 0.2) is 0 Å². The first-order valence-electron chi connectivity index (χ1n) is 28.2. The van der Waals surface area contributed by atoms with Gasteiger partial charge in [-0.1, -0.05) is 144 Å². The zero-order chi connectivity index (χ0) is 49.6. The summed E-state index contributed by atoms with van der Waals surface area (Å²) in [4.78, 5) is 54.7. The predicted molar refractivity (Wildman–Crippen MR) is 293 cm³/mol. The molecule has 378 valence electrons. The van der Waals surface area contributed by atoms with Crippen LogP contribution in [0.4, 0.5) is 5.69 Å². The Kier molecular flexibility index (Phi) is 13.2. The average molecular weight is 974 g/mol. The number of fused-ring (bicyclic) bond motifs is 2. The summed E-state index contributed by atoms with van der Waals surface area (Å²) in [5.41, 5.74) is 11.4. The summed E-state index contributed by atoms with van der Waals surface area (Å²) in [6.07, 6.45) is 17.6. The lowest BCUT2D eigenvalue weighted by Gasteiger charge is -2.34. The standard InChI is InChI=1S/C64H75N7O2/c1-64(2,3)48-30-32-49(33-31-48)71-54(46-28-34-50-52(40-46)67-60(65-50)56-26-16-38-69(56)62(72)58(42-18-8-4-9-19-42)43-20-10-5-11-21-43)36-37-55(71)47-29-35-51-53(41-47)68-61(66-51)57-27-17-39-70(57)63(73)59(44-22-12-6-13-23-44)45-24-14-7-15-25-45/h4,6,8-9,12-13,18-19,22-23,28-35,40-41,43,45,54-59H,5,7,10-11,14-17,20-21,24-27,36-39H2,1-3H3,(H,65,67)(H,66,68)/t54-,55-,56+,57+,58?,59?/m1/s1. The second kappa shape index (κ2) is 20.2. The molecule has 2 saturated carbocycles. The number of amides is 2. The molecule has 5 aromatic carbocycles. The monoisotopic (exact) mass is 974 g/mol. The summed E-state index contributed by atoms with van der Waals surface area (Å²) in [7, 11) is 0. The molecule has 2 N–H and O–H groups in total. The fraction of sp³-hybridized carbons (Fsp3) is 0.469. The highest BCUT2D eigenvalue weighted by atomic mass is 16.2. The Morgan fingerprint density at radius 2 is 0.932 bits per heavy atom. The zero-order valence-corrected chi connectivity index (χ0v) is 43.4. The Hall–Kier alpha value is -6.22. The summed E-state index contributed by atoms with van der Waals surface area (Å²) in [5, 5.41) is 0. The molecule has 9 heteroatoms. The number of aromatic amines is 2. The third kappa shape index (κ3) is 9.39. The number of imidazole rings is 2. The minimum Gasteiger partial charge on any atom is -0.357 e. The Bertz CT molecular complexity index is 2860. The van der Waals surface area contributed by atoms with E-state index in [1.54, 1.807) is 0 Å². The van der Waals surface area contributed by atoms with Crippen molar-refractivity contribution in [1.82, 2.24) is 29.7 Å². The Morgan fingerprint density at radius 3 is 1.36 bits per heavy atom. The van der Waals surface area contributed by atoms with Crippen molar-refractivity contribution in [3.63, 3.8) is 0 Å². The van der Waals surface area contributed by atoms with Crippen molar-refractivity contribution in [2.45, 2.75) is 165 Å². The smallest absolute Gasteiger partial charge is 0.231 e. The Balaban J connectivity index is 0.830. The van der Waals surface area contributed by atoms with Gasteiger partial charge in [0, 0.05) is 18.8 Å². The number of nitrogens with zero attached hydrogens (tertiary/aromatic N) is 5. The number of hydrogen-bond acceptors (Lipinski definition) is 5. The molecule has 2 aliphatic carbocycles. The van der Waals surface area contributed by atoms with Gasteiger partial charge in [-0.3, -0.25) is 9.59 Å². The van der Waals surface area contributed by atoms with Crippen molar-refractivity contribution < 1.29 is 9.59 Å². The van der Waals surface area contributed by atoms with E-state index < -0.39 is 0 Å². The van der Waals surface area contributed by atoms with Crippen LogP contribution in [-0.4, -0.2) is 54.6 Å². The molecule has 5 aliphatic rings. The van der Waals surface area contributed by atoms with Gasteiger partial charge in [0.1, 0.15) is 11.6 Å². The fourth-order valence-corrected chi connectivity index (χ4v) is 14.3.